The molecule has 0 atom stereocenters. The molecule has 0 aliphatic heterocycles. The van der Waals surface area contributed by atoms with Crippen LogP contribution in [0.4, 0.5) is 0 Å². The zero-order valence-corrected chi connectivity index (χ0v) is 18.0. The third-order valence-corrected chi connectivity index (χ3v) is 6.20. The number of nitrogens with zero attached hydrogens (tertiary/aromatic N) is 1. The van der Waals surface area contributed by atoms with Gasteiger partial charge >= 0.3 is 0 Å². The van der Waals surface area contributed by atoms with Crippen molar-refractivity contribution in [1.82, 2.24) is 20.2 Å². The minimum Gasteiger partial charge on any atom is -0.395 e. The lowest BCUT2D eigenvalue weighted by Gasteiger charge is -2.10. The van der Waals surface area contributed by atoms with Crippen LogP contribution in [-0.4, -0.2) is 47.1 Å². The quantitative estimate of drug-likeness (QED) is 0.247. The van der Waals surface area contributed by atoms with E-state index in [0.717, 1.165) is 55.5 Å². The number of nitrogens with one attached hydrogen (secondary N) is 3. The molecule has 0 saturated carbocycles. The van der Waals surface area contributed by atoms with Gasteiger partial charge in [-0.3, -0.25) is 9.59 Å². The molecule has 162 valence electrons. The van der Waals surface area contributed by atoms with Crippen molar-refractivity contribution in [3.05, 3.63) is 59.2 Å². The van der Waals surface area contributed by atoms with Crippen molar-refractivity contribution in [3.63, 3.8) is 0 Å². The number of benzene rings is 3. The lowest BCUT2D eigenvalue weighted by molar-refractivity contribution is 0.0959. The zero-order chi connectivity index (χ0) is 22.4. The highest BCUT2D eigenvalue weighted by molar-refractivity contribution is 6.32. The second kappa shape index (κ2) is 7.78. The van der Waals surface area contributed by atoms with Gasteiger partial charge in [-0.15, -0.1) is 0 Å². The van der Waals surface area contributed by atoms with E-state index in [2.05, 4.69) is 20.2 Å². The van der Waals surface area contributed by atoms with Crippen LogP contribution in [0.15, 0.2) is 42.5 Å². The van der Waals surface area contributed by atoms with Crippen molar-refractivity contribution in [3.8, 4) is 0 Å². The number of para-hydroxylation sites is 2. The maximum Gasteiger partial charge on any atom is 0.252 e. The van der Waals surface area contributed by atoms with E-state index in [0.29, 0.717) is 24.2 Å². The summed E-state index contributed by atoms with van der Waals surface area (Å²) in [5, 5.41) is 18.4. The van der Waals surface area contributed by atoms with E-state index >= 15 is 0 Å². The number of aromatic nitrogens is 2. The van der Waals surface area contributed by atoms with E-state index in [1.54, 1.807) is 7.05 Å². The number of H-pyrrole nitrogens is 1. The van der Waals surface area contributed by atoms with E-state index in [-0.39, 0.29) is 12.5 Å². The van der Waals surface area contributed by atoms with Crippen LogP contribution in [0.25, 0.3) is 43.6 Å². The monoisotopic (exact) mass is 428 g/mol. The fourth-order valence-electron chi connectivity index (χ4n) is 4.92. The van der Waals surface area contributed by atoms with E-state index < -0.39 is 0 Å². The van der Waals surface area contributed by atoms with Gasteiger partial charge in [0.1, 0.15) is 0 Å². The number of hydrogen-bond acceptors (Lipinski definition) is 4. The van der Waals surface area contributed by atoms with Crippen molar-refractivity contribution < 1.29 is 14.7 Å². The molecule has 3 aromatic carbocycles. The van der Waals surface area contributed by atoms with E-state index in [1.165, 1.54) is 0 Å². The molecule has 32 heavy (non-hydrogen) atoms. The highest BCUT2D eigenvalue weighted by atomic mass is 16.3. The zero-order valence-electron chi connectivity index (χ0n) is 18.0. The maximum atomic E-state index is 13.1. The average Bonchev–Trinajstić information content (AvgIpc) is 3.34. The molecular weight excluding hydrogens is 404 g/mol. The summed E-state index contributed by atoms with van der Waals surface area (Å²) in [5.74, 6) is -0.291. The van der Waals surface area contributed by atoms with Crippen LogP contribution in [-0.2, 0) is 13.6 Å². The van der Waals surface area contributed by atoms with Gasteiger partial charge in [-0.05, 0) is 11.6 Å². The van der Waals surface area contributed by atoms with Gasteiger partial charge in [0.05, 0.1) is 28.7 Å². The molecule has 0 unspecified atom stereocenters. The molecule has 2 heterocycles. The number of carbonyl (C=O) groups is 2. The Morgan fingerprint density at radius 1 is 1.09 bits per heavy atom. The standard InChI is InChI=1S/C25H24N4O3/c1-26-25(32)21-17(13-31)19-15-7-3-4-9-18(15)28-22(19)24-20(21)16-8-5-6-14(12-27-10-11-30)23(16)29(24)2/h3-9,13,27-28,30H,10-12H2,1-2H3,(H,26,32). The van der Waals surface area contributed by atoms with Crippen molar-refractivity contribution in [2.75, 3.05) is 20.2 Å². The molecule has 0 fully saturated rings. The molecular formula is C25H24N4O3. The molecule has 0 aliphatic rings. The van der Waals surface area contributed by atoms with E-state index in [9.17, 15) is 9.59 Å². The van der Waals surface area contributed by atoms with Gasteiger partial charge in [0, 0.05) is 59.8 Å². The number of hydrogen-bond donors (Lipinski definition) is 4. The third kappa shape index (κ3) is 2.75. The van der Waals surface area contributed by atoms with Crippen LogP contribution in [0.1, 0.15) is 26.3 Å². The van der Waals surface area contributed by atoms with Crippen LogP contribution < -0.4 is 10.6 Å². The molecule has 0 spiro atoms. The van der Waals surface area contributed by atoms with Gasteiger partial charge < -0.3 is 25.3 Å². The molecule has 7 heteroatoms. The molecule has 0 aliphatic carbocycles. The molecule has 5 rings (SSSR count). The Morgan fingerprint density at radius 3 is 2.62 bits per heavy atom. The Bertz CT molecular complexity index is 1530. The number of amides is 1. The van der Waals surface area contributed by atoms with Crippen molar-refractivity contribution in [2.24, 2.45) is 7.05 Å². The van der Waals surface area contributed by atoms with Crippen LogP contribution in [0.3, 0.4) is 0 Å². The van der Waals surface area contributed by atoms with Gasteiger partial charge in [0.2, 0.25) is 0 Å². The summed E-state index contributed by atoms with van der Waals surface area (Å²) < 4.78 is 2.10. The Balaban J connectivity index is 2.03. The summed E-state index contributed by atoms with van der Waals surface area (Å²) >= 11 is 0. The minimum atomic E-state index is -0.291. The molecule has 5 aromatic rings. The number of carbonyl (C=O) groups excluding carboxylic acids is 2. The number of aldehydes is 1. The number of fused-ring (bicyclic) bond motifs is 7. The van der Waals surface area contributed by atoms with Crippen LogP contribution in [0.5, 0.6) is 0 Å². The first-order valence-electron chi connectivity index (χ1n) is 10.6. The van der Waals surface area contributed by atoms with Crippen LogP contribution in [0, 0.1) is 0 Å². The van der Waals surface area contributed by atoms with Crippen molar-refractivity contribution in [1.29, 1.82) is 0 Å². The number of aryl methyl sites for hydroxylation is 1. The summed E-state index contributed by atoms with van der Waals surface area (Å²) in [6.07, 6.45) is 0.790. The lowest BCUT2D eigenvalue weighted by Crippen LogP contribution is -2.20. The number of aromatic amines is 1. The minimum absolute atomic E-state index is 0.0598. The summed E-state index contributed by atoms with van der Waals surface area (Å²) in [5.41, 5.74) is 5.45. The second-order valence-corrected chi connectivity index (χ2v) is 7.90. The molecule has 0 bridgehead atoms. The second-order valence-electron chi connectivity index (χ2n) is 7.90. The first kappa shape index (κ1) is 20.2. The Morgan fingerprint density at radius 2 is 1.88 bits per heavy atom. The molecule has 7 nitrogen and oxygen atoms in total. The molecule has 2 aromatic heterocycles. The lowest BCUT2D eigenvalue weighted by atomic mass is 9.95. The number of aliphatic hydroxyl groups excluding tert-OH is 1. The largest absolute Gasteiger partial charge is 0.395 e. The molecule has 1 amide bonds. The Hall–Kier alpha value is -3.68. The van der Waals surface area contributed by atoms with Crippen molar-refractivity contribution in [2.45, 2.75) is 6.54 Å². The fraction of sp³-hybridized carbons (Fsp3) is 0.200. The predicted molar refractivity (Wildman–Crippen MR) is 127 cm³/mol. The summed E-state index contributed by atoms with van der Waals surface area (Å²) in [4.78, 5) is 29.0. The summed E-state index contributed by atoms with van der Waals surface area (Å²) in [6, 6.07) is 13.8. The normalized spacial score (nSPS) is 11.7. The Labute approximate surface area is 184 Å². The smallest absolute Gasteiger partial charge is 0.252 e. The van der Waals surface area contributed by atoms with E-state index in [4.69, 9.17) is 5.11 Å². The van der Waals surface area contributed by atoms with Gasteiger partial charge in [-0.2, -0.15) is 0 Å². The average molecular weight is 428 g/mol. The van der Waals surface area contributed by atoms with Gasteiger partial charge in [0.25, 0.3) is 5.91 Å². The first-order chi connectivity index (χ1) is 15.6. The van der Waals surface area contributed by atoms with Gasteiger partial charge in [0.15, 0.2) is 6.29 Å². The SMILES string of the molecule is CNC(=O)c1c(C=O)c2c3ccccc3[nH]c2c2c1c1cccc(CNCCO)c1n2C. The van der Waals surface area contributed by atoms with Crippen molar-refractivity contribution >= 4 is 55.8 Å². The predicted octanol–water partition coefficient (Wildman–Crippen LogP) is 3.22. The Kier molecular flexibility index (Phi) is 4.92. The van der Waals surface area contributed by atoms with Crippen LogP contribution >= 0.6 is 0 Å². The fourth-order valence-corrected chi connectivity index (χ4v) is 4.92. The summed E-state index contributed by atoms with van der Waals surface area (Å²) in [7, 11) is 3.57. The van der Waals surface area contributed by atoms with Crippen LogP contribution in [0.2, 0.25) is 0 Å². The highest BCUT2D eigenvalue weighted by Crippen LogP contribution is 2.41. The maximum absolute atomic E-state index is 13.1. The van der Waals surface area contributed by atoms with Gasteiger partial charge in [-0.25, -0.2) is 0 Å². The first-order valence-corrected chi connectivity index (χ1v) is 10.6. The number of rotatable bonds is 6. The summed E-state index contributed by atoms with van der Waals surface area (Å²) in [6.45, 7) is 1.13. The molecule has 0 radical (unpaired) electrons. The van der Waals surface area contributed by atoms with E-state index in [1.807, 2.05) is 49.5 Å². The molecule has 0 saturated heterocycles. The molecule has 4 N–H and O–H groups in total. The van der Waals surface area contributed by atoms with Gasteiger partial charge in [-0.1, -0.05) is 36.4 Å². The number of aliphatic hydroxyl groups is 1. The third-order valence-electron chi connectivity index (χ3n) is 6.20. The highest BCUT2D eigenvalue weighted by Gasteiger charge is 2.26. The topological polar surface area (TPSA) is 99.2 Å².